The maximum Gasteiger partial charge on any atom is 0.242 e. The molecule has 11 heavy (non-hydrogen) atoms. The zero-order valence-electron chi connectivity index (χ0n) is 6.28. The summed E-state index contributed by atoms with van der Waals surface area (Å²) in [7, 11) is 1.52. The van der Waals surface area contributed by atoms with Gasteiger partial charge in [0.2, 0.25) is 5.91 Å². The number of nitrogens with zero attached hydrogens (tertiary/aromatic N) is 1. The molecule has 0 spiro atoms. The number of rotatable bonds is 3. The second-order valence-electron chi connectivity index (χ2n) is 2.38. The number of amides is 1. The summed E-state index contributed by atoms with van der Waals surface area (Å²) in [6.07, 6.45) is 2.22. The van der Waals surface area contributed by atoms with Crippen LogP contribution in [0.3, 0.4) is 0 Å². The van der Waals surface area contributed by atoms with E-state index in [1.165, 1.54) is 7.11 Å². The predicted molar refractivity (Wildman–Crippen MR) is 40.0 cm³/mol. The highest BCUT2D eigenvalue weighted by Gasteiger charge is 2.23. The fourth-order valence-corrected chi connectivity index (χ4v) is 0.990. The zero-order valence-corrected chi connectivity index (χ0v) is 6.28. The van der Waals surface area contributed by atoms with E-state index in [2.05, 4.69) is 15.3 Å². The van der Waals surface area contributed by atoms with Gasteiger partial charge in [-0.15, -0.1) is 0 Å². The number of aliphatic imine (C=N–C) groups is 1. The Morgan fingerprint density at radius 1 is 1.91 bits per heavy atom. The summed E-state index contributed by atoms with van der Waals surface area (Å²) in [4.78, 5) is 19.1. The molecule has 0 aromatic carbocycles. The van der Waals surface area contributed by atoms with Crippen LogP contribution in [0.4, 0.5) is 0 Å². The first-order valence-electron chi connectivity index (χ1n) is 3.35. The van der Waals surface area contributed by atoms with Gasteiger partial charge in [0.25, 0.3) is 0 Å². The number of hydroxylamine groups is 1. The molecule has 2 unspecified atom stereocenters. The van der Waals surface area contributed by atoms with E-state index in [-0.39, 0.29) is 18.0 Å². The van der Waals surface area contributed by atoms with Crippen molar-refractivity contribution >= 4 is 12.1 Å². The molecule has 1 rings (SSSR count). The van der Waals surface area contributed by atoms with Gasteiger partial charge in [-0.1, -0.05) is 0 Å². The largest absolute Gasteiger partial charge is 0.368 e. The van der Waals surface area contributed by atoms with Crippen molar-refractivity contribution in [3.05, 3.63) is 0 Å². The van der Waals surface area contributed by atoms with E-state index in [9.17, 15) is 4.79 Å². The number of hydrogen-bond acceptors (Lipinski definition) is 4. The molecule has 1 aliphatic heterocycles. The van der Waals surface area contributed by atoms with E-state index >= 15 is 0 Å². The monoisotopic (exact) mass is 157 g/mol. The van der Waals surface area contributed by atoms with Gasteiger partial charge in [0.05, 0.1) is 13.2 Å². The number of carbonyl (C=O) groups excluding carboxylic acids is 1. The molecule has 1 heterocycles. The Morgan fingerprint density at radius 2 is 2.64 bits per heavy atom. The molecule has 1 aliphatic rings. The molecule has 1 amide bonds. The van der Waals surface area contributed by atoms with Crippen molar-refractivity contribution in [2.75, 3.05) is 7.11 Å². The van der Waals surface area contributed by atoms with Crippen molar-refractivity contribution < 1.29 is 9.63 Å². The molecule has 2 atom stereocenters. The maximum atomic E-state index is 10.6. The molecule has 0 aromatic heterocycles. The van der Waals surface area contributed by atoms with Crippen molar-refractivity contribution in [2.45, 2.75) is 18.5 Å². The minimum Gasteiger partial charge on any atom is -0.368 e. The average molecular weight is 157 g/mol. The Bertz CT molecular complexity index is 181. The zero-order chi connectivity index (χ0) is 8.27. The molecule has 0 radical (unpaired) electrons. The lowest BCUT2D eigenvalue weighted by Crippen LogP contribution is -2.32. The summed E-state index contributed by atoms with van der Waals surface area (Å²) in [5.41, 5.74) is 7.71. The van der Waals surface area contributed by atoms with Crippen molar-refractivity contribution in [1.29, 1.82) is 0 Å². The van der Waals surface area contributed by atoms with E-state index in [0.29, 0.717) is 6.42 Å². The second kappa shape index (κ2) is 3.45. The SMILES string of the molecule is CONC1C=NC(C(N)=O)C1. The first-order valence-corrected chi connectivity index (χ1v) is 3.35. The molecule has 0 aliphatic carbocycles. The Balaban J connectivity index is 2.36. The van der Waals surface area contributed by atoms with Gasteiger partial charge in [0.1, 0.15) is 6.04 Å². The highest BCUT2D eigenvalue weighted by molar-refractivity contribution is 5.85. The molecule has 0 saturated heterocycles. The third kappa shape index (κ3) is 1.99. The van der Waals surface area contributed by atoms with E-state index in [4.69, 9.17) is 5.73 Å². The first-order chi connectivity index (χ1) is 5.24. The summed E-state index contributed by atoms with van der Waals surface area (Å²) in [5.74, 6) is -0.387. The van der Waals surface area contributed by atoms with Crippen LogP contribution in [-0.4, -0.2) is 31.3 Å². The Kier molecular flexibility index (Phi) is 2.56. The van der Waals surface area contributed by atoms with Gasteiger partial charge in [-0.25, -0.2) is 0 Å². The highest BCUT2D eigenvalue weighted by atomic mass is 16.6. The van der Waals surface area contributed by atoms with Crippen molar-refractivity contribution in [3.8, 4) is 0 Å². The lowest BCUT2D eigenvalue weighted by molar-refractivity contribution is -0.119. The van der Waals surface area contributed by atoms with Gasteiger partial charge in [-0.3, -0.25) is 9.79 Å². The van der Waals surface area contributed by atoms with Crippen LogP contribution in [0.25, 0.3) is 0 Å². The van der Waals surface area contributed by atoms with Crippen LogP contribution in [0, 0.1) is 0 Å². The molecule has 62 valence electrons. The van der Waals surface area contributed by atoms with E-state index in [0.717, 1.165) is 0 Å². The fraction of sp³-hybridized carbons (Fsp3) is 0.667. The molecule has 0 bridgehead atoms. The van der Waals surface area contributed by atoms with Gasteiger partial charge in [0, 0.05) is 12.6 Å². The van der Waals surface area contributed by atoms with Crippen molar-refractivity contribution in [2.24, 2.45) is 10.7 Å². The summed E-state index contributed by atoms with van der Waals surface area (Å²) >= 11 is 0. The van der Waals surface area contributed by atoms with E-state index < -0.39 is 0 Å². The molecule has 0 aromatic rings. The Labute approximate surface area is 64.6 Å². The third-order valence-electron chi connectivity index (χ3n) is 1.52. The molecular formula is C6H11N3O2. The topological polar surface area (TPSA) is 76.7 Å². The van der Waals surface area contributed by atoms with Crippen LogP contribution in [-0.2, 0) is 9.63 Å². The van der Waals surface area contributed by atoms with Crippen LogP contribution in [0.2, 0.25) is 0 Å². The number of nitrogens with two attached hydrogens (primary N) is 1. The van der Waals surface area contributed by atoms with Gasteiger partial charge in [-0.05, 0) is 0 Å². The van der Waals surface area contributed by atoms with Gasteiger partial charge >= 0.3 is 0 Å². The number of nitrogens with one attached hydrogen (secondary N) is 1. The maximum absolute atomic E-state index is 10.6. The van der Waals surface area contributed by atoms with Crippen LogP contribution in [0.1, 0.15) is 6.42 Å². The van der Waals surface area contributed by atoms with Crippen LogP contribution >= 0.6 is 0 Å². The van der Waals surface area contributed by atoms with Crippen molar-refractivity contribution in [3.63, 3.8) is 0 Å². The Hall–Kier alpha value is -0.940. The van der Waals surface area contributed by atoms with Gasteiger partial charge in [0.15, 0.2) is 0 Å². The standard InChI is InChI=1S/C6H11N3O2/c1-11-9-4-2-5(6(7)10)8-3-4/h3-5,9H,2H2,1H3,(H2,7,10). The molecule has 0 saturated carbocycles. The third-order valence-corrected chi connectivity index (χ3v) is 1.52. The normalized spacial score (nSPS) is 29.2. The lowest BCUT2D eigenvalue weighted by Gasteiger charge is -2.07. The summed E-state index contributed by atoms with van der Waals surface area (Å²) in [5, 5.41) is 0. The average Bonchev–Trinajstić information content (AvgIpc) is 2.37. The van der Waals surface area contributed by atoms with Crippen molar-refractivity contribution in [1.82, 2.24) is 5.48 Å². The molecule has 5 nitrogen and oxygen atoms in total. The smallest absolute Gasteiger partial charge is 0.242 e. The molecule has 0 fully saturated rings. The lowest BCUT2D eigenvalue weighted by atomic mass is 10.1. The fourth-order valence-electron chi connectivity index (χ4n) is 0.990. The first kappa shape index (κ1) is 8.16. The molecule has 5 heteroatoms. The second-order valence-corrected chi connectivity index (χ2v) is 2.38. The molecular weight excluding hydrogens is 146 g/mol. The Morgan fingerprint density at radius 3 is 3.09 bits per heavy atom. The number of primary amides is 1. The van der Waals surface area contributed by atoms with Gasteiger partial charge < -0.3 is 10.6 Å². The number of carbonyl (C=O) groups is 1. The molecule has 3 N–H and O–H groups in total. The minimum atomic E-state index is -0.387. The number of hydrogen-bond donors (Lipinski definition) is 2. The van der Waals surface area contributed by atoms with E-state index in [1.54, 1.807) is 6.21 Å². The van der Waals surface area contributed by atoms with Crippen LogP contribution in [0.5, 0.6) is 0 Å². The van der Waals surface area contributed by atoms with Gasteiger partial charge in [-0.2, -0.15) is 5.48 Å². The summed E-state index contributed by atoms with van der Waals surface area (Å²) < 4.78 is 0. The quantitative estimate of drug-likeness (QED) is 0.507. The van der Waals surface area contributed by atoms with Crippen LogP contribution < -0.4 is 11.2 Å². The summed E-state index contributed by atoms with van der Waals surface area (Å²) in [6, 6.07) is -0.375. The van der Waals surface area contributed by atoms with Crippen LogP contribution in [0.15, 0.2) is 4.99 Å². The minimum absolute atomic E-state index is 0.0116. The predicted octanol–water partition coefficient (Wildman–Crippen LogP) is -1.17. The van der Waals surface area contributed by atoms with E-state index in [1.807, 2.05) is 0 Å². The summed E-state index contributed by atoms with van der Waals surface area (Å²) in [6.45, 7) is 0. The highest BCUT2D eigenvalue weighted by Crippen LogP contribution is 2.07.